The van der Waals surface area contributed by atoms with Crippen LogP contribution < -0.4 is 14.8 Å². The highest BCUT2D eigenvalue weighted by atomic mass is 32.1. The lowest BCUT2D eigenvalue weighted by molar-refractivity contribution is 0.102. The quantitative estimate of drug-likeness (QED) is 0.488. The van der Waals surface area contributed by atoms with Crippen molar-refractivity contribution in [1.29, 1.82) is 0 Å². The van der Waals surface area contributed by atoms with Crippen LogP contribution in [0.2, 0.25) is 0 Å². The number of hydrogen-bond acceptors (Lipinski definition) is 6. The number of rotatable bonds is 6. The van der Waals surface area contributed by atoms with Gasteiger partial charge in [-0.1, -0.05) is 12.1 Å². The summed E-state index contributed by atoms with van der Waals surface area (Å²) in [5, 5.41) is 3.70. The highest BCUT2D eigenvalue weighted by Crippen LogP contribution is 2.30. The minimum absolute atomic E-state index is 0.272. The Balaban J connectivity index is 1.50. The zero-order valence-electron chi connectivity index (χ0n) is 16.0. The second-order valence-corrected chi connectivity index (χ2v) is 7.20. The van der Waals surface area contributed by atoms with Crippen LogP contribution in [0.15, 0.2) is 60.8 Å². The number of thiazole rings is 1. The number of aromatic nitrogens is 2. The third-order valence-corrected chi connectivity index (χ3v) is 5.36. The van der Waals surface area contributed by atoms with E-state index in [1.54, 1.807) is 48.9 Å². The van der Waals surface area contributed by atoms with Gasteiger partial charge in [-0.15, -0.1) is 11.3 Å². The maximum atomic E-state index is 12.6. The van der Waals surface area contributed by atoms with Crippen molar-refractivity contribution >= 4 is 33.3 Å². The molecule has 29 heavy (non-hydrogen) atoms. The average molecular weight is 405 g/mol. The highest BCUT2D eigenvalue weighted by molar-refractivity contribution is 7.21. The highest BCUT2D eigenvalue weighted by Gasteiger charge is 2.12. The number of carbonyl (C=O) groups is 1. The average Bonchev–Trinajstić information content (AvgIpc) is 3.19. The number of amides is 1. The fourth-order valence-electron chi connectivity index (χ4n) is 2.86. The summed E-state index contributed by atoms with van der Waals surface area (Å²) < 4.78 is 11.9. The van der Waals surface area contributed by atoms with Gasteiger partial charge in [0.1, 0.15) is 10.8 Å². The monoisotopic (exact) mass is 405 g/mol. The predicted molar refractivity (Wildman–Crippen MR) is 115 cm³/mol. The van der Waals surface area contributed by atoms with Gasteiger partial charge in [-0.25, -0.2) is 9.97 Å². The van der Waals surface area contributed by atoms with Crippen LogP contribution in [0.4, 0.5) is 5.82 Å². The Kier molecular flexibility index (Phi) is 5.39. The van der Waals surface area contributed by atoms with E-state index >= 15 is 0 Å². The number of anilines is 1. The first-order valence-electron chi connectivity index (χ1n) is 9.12. The number of hydrogen-bond donors (Lipinski definition) is 1. The van der Waals surface area contributed by atoms with E-state index in [4.69, 9.17) is 9.47 Å². The molecular formula is C22H19N3O3S. The molecule has 2 aromatic carbocycles. The van der Waals surface area contributed by atoms with Crippen LogP contribution >= 0.6 is 11.3 Å². The molecule has 1 amide bonds. The lowest BCUT2D eigenvalue weighted by atomic mass is 10.2. The topological polar surface area (TPSA) is 73.3 Å². The lowest BCUT2D eigenvalue weighted by Gasteiger charge is -2.11. The summed E-state index contributed by atoms with van der Waals surface area (Å²) in [6.45, 7) is 2.41. The van der Waals surface area contributed by atoms with Crippen molar-refractivity contribution in [1.82, 2.24) is 9.97 Å². The van der Waals surface area contributed by atoms with Crippen LogP contribution in [0.25, 0.3) is 20.8 Å². The molecule has 4 rings (SSSR count). The van der Waals surface area contributed by atoms with E-state index in [1.807, 2.05) is 37.3 Å². The summed E-state index contributed by atoms with van der Waals surface area (Å²) in [6.07, 6.45) is 1.71. The fraction of sp³-hybridized carbons (Fsp3) is 0.136. The molecule has 0 aliphatic rings. The Bertz CT molecular complexity index is 1120. The Morgan fingerprint density at radius 3 is 2.69 bits per heavy atom. The maximum Gasteiger partial charge on any atom is 0.256 e. The smallest absolute Gasteiger partial charge is 0.256 e. The number of ether oxygens (including phenoxy) is 2. The van der Waals surface area contributed by atoms with E-state index in [-0.39, 0.29) is 5.91 Å². The molecule has 7 heteroatoms. The molecule has 0 saturated carbocycles. The van der Waals surface area contributed by atoms with Crippen LogP contribution in [0.5, 0.6) is 11.5 Å². The van der Waals surface area contributed by atoms with Gasteiger partial charge in [0.2, 0.25) is 0 Å². The molecule has 0 aliphatic heterocycles. The predicted octanol–water partition coefficient (Wildman–Crippen LogP) is 5.02. The van der Waals surface area contributed by atoms with Gasteiger partial charge in [0.15, 0.2) is 11.5 Å². The van der Waals surface area contributed by atoms with Crippen LogP contribution in [0, 0.1) is 0 Å². The molecule has 0 bridgehead atoms. The minimum Gasteiger partial charge on any atom is -0.493 e. The summed E-state index contributed by atoms with van der Waals surface area (Å²) >= 11 is 1.61. The molecule has 0 saturated heterocycles. The maximum absolute atomic E-state index is 12.6. The third kappa shape index (κ3) is 4.05. The summed E-state index contributed by atoms with van der Waals surface area (Å²) in [5.74, 6) is 1.31. The van der Waals surface area contributed by atoms with E-state index < -0.39 is 0 Å². The number of methoxy groups -OCH3 is 1. The van der Waals surface area contributed by atoms with Crippen LogP contribution in [-0.2, 0) is 0 Å². The molecule has 0 spiro atoms. The molecule has 146 valence electrons. The number of pyridine rings is 1. The Labute approximate surface area is 172 Å². The SMILES string of the molecule is CCOc1ccc(C(=O)Nc2ccc(-c3nc4ccccc4s3)cn2)cc1OC. The van der Waals surface area contributed by atoms with Crippen molar-refractivity contribution in [3.8, 4) is 22.1 Å². The van der Waals surface area contributed by atoms with Crippen molar-refractivity contribution in [2.45, 2.75) is 6.92 Å². The summed E-state index contributed by atoms with van der Waals surface area (Å²) in [7, 11) is 1.54. The molecule has 0 fully saturated rings. The first kappa shape index (κ1) is 18.9. The van der Waals surface area contributed by atoms with Crippen molar-refractivity contribution in [3.63, 3.8) is 0 Å². The van der Waals surface area contributed by atoms with Crippen LogP contribution in [0.1, 0.15) is 17.3 Å². The standard InChI is InChI=1S/C22H19N3O3S/c1-3-28-17-10-8-14(12-18(17)27-2)21(26)25-20-11-9-15(13-23-20)22-24-16-6-4-5-7-19(16)29-22/h4-13H,3H2,1-2H3,(H,23,25,26). The first-order valence-corrected chi connectivity index (χ1v) is 9.93. The van der Waals surface area contributed by atoms with Gasteiger partial charge < -0.3 is 14.8 Å². The van der Waals surface area contributed by atoms with Gasteiger partial charge in [0.25, 0.3) is 5.91 Å². The normalized spacial score (nSPS) is 10.7. The molecule has 1 N–H and O–H groups in total. The first-order chi connectivity index (χ1) is 14.2. The van der Waals surface area contributed by atoms with Crippen LogP contribution in [-0.4, -0.2) is 29.6 Å². The van der Waals surface area contributed by atoms with Gasteiger partial charge in [0, 0.05) is 17.3 Å². The second-order valence-electron chi connectivity index (χ2n) is 6.17. The molecule has 0 radical (unpaired) electrons. The zero-order chi connectivity index (χ0) is 20.2. The van der Waals surface area contributed by atoms with E-state index in [2.05, 4.69) is 15.3 Å². The molecule has 0 unspecified atom stereocenters. The van der Waals surface area contributed by atoms with E-state index in [0.29, 0.717) is 29.5 Å². The van der Waals surface area contributed by atoms with Crippen molar-refractivity contribution in [2.24, 2.45) is 0 Å². The lowest BCUT2D eigenvalue weighted by Crippen LogP contribution is -2.13. The molecule has 6 nitrogen and oxygen atoms in total. The van der Waals surface area contributed by atoms with Gasteiger partial charge in [-0.2, -0.15) is 0 Å². The number of para-hydroxylation sites is 1. The number of carbonyl (C=O) groups excluding carboxylic acids is 1. The van der Waals surface area contributed by atoms with Crippen molar-refractivity contribution < 1.29 is 14.3 Å². The minimum atomic E-state index is -0.272. The van der Waals surface area contributed by atoms with Gasteiger partial charge in [-0.3, -0.25) is 4.79 Å². The molecule has 0 aliphatic carbocycles. The molecule has 2 heterocycles. The van der Waals surface area contributed by atoms with E-state index in [1.165, 1.54) is 0 Å². The number of fused-ring (bicyclic) bond motifs is 1. The Morgan fingerprint density at radius 2 is 1.97 bits per heavy atom. The van der Waals surface area contributed by atoms with Gasteiger partial charge in [-0.05, 0) is 49.4 Å². The van der Waals surface area contributed by atoms with Crippen molar-refractivity contribution in [2.75, 3.05) is 19.0 Å². The summed E-state index contributed by atoms with van der Waals surface area (Å²) in [6, 6.07) is 16.7. The summed E-state index contributed by atoms with van der Waals surface area (Å²) in [5.41, 5.74) is 2.34. The number of nitrogens with zero attached hydrogens (tertiary/aromatic N) is 2. The Hall–Kier alpha value is -3.45. The molecule has 2 aromatic heterocycles. The van der Waals surface area contributed by atoms with E-state index in [9.17, 15) is 4.79 Å². The van der Waals surface area contributed by atoms with Crippen LogP contribution in [0.3, 0.4) is 0 Å². The van der Waals surface area contributed by atoms with Crippen molar-refractivity contribution in [3.05, 3.63) is 66.4 Å². The summed E-state index contributed by atoms with van der Waals surface area (Å²) in [4.78, 5) is 21.6. The Morgan fingerprint density at radius 1 is 1.10 bits per heavy atom. The molecule has 0 atom stereocenters. The molecular weight excluding hydrogens is 386 g/mol. The van der Waals surface area contributed by atoms with Gasteiger partial charge >= 0.3 is 0 Å². The third-order valence-electron chi connectivity index (χ3n) is 4.27. The number of benzene rings is 2. The fourth-order valence-corrected chi connectivity index (χ4v) is 3.82. The largest absolute Gasteiger partial charge is 0.493 e. The number of nitrogens with one attached hydrogen (secondary N) is 1. The second kappa shape index (κ2) is 8.28. The molecule has 4 aromatic rings. The van der Waals surface area contributed by atoms with Gasteiger partial charge in [0.05, 0.1) is 23.9 Å². The van der Waals surface area contributed by atoms with E-state index in [0.717, 1.165) is 20.8 Å². The zero-order valence-corrected chi connectivity index (χ0v) is 16.8.